The maximum Gasteiger partial charge on any atom is 0.404 e. The number of amides is 2. The fourth-order valence-electron chi connectivity index (χ4n) is 6.41. The van der Waals surface area contributed by atoms with Crippen molar-refractivity contribution in [3.05, 3.63) is 48.0 Å². The first kappa shape index (κ1) is 27.6. The van der Waals surface area contributed by atoms with E-state index in [0.29, 0.717) is 18.5 Å². The Bertz CT molecular complexity index is 1590. The molecule has 0 saturated carbocycles. The number of carbonyl (C=O) groups excluding carboxylic acids is 2. The summed E-state index contributed by atoms with van der Waals surface area (Å²) in [5, 5.41) is 1.17. The number of nitrogens with zero attached hydrogens (tertiary/aromatic N) is 5. The van der Waals surface area contributed by atoms with E-state index in [4.69, 9.17) is 15.5 Å². The molecule has 1 unspecified atom stereocenters. The molecule has 1 fully saturated rings. The molecule has 2 aromatic carbocycles. The molecule has 212 valence electrons. The Labute approximate surface area is 235 Å². The zero-order valence-corrected chi connectivity index (χ0v) is 24.6. The van der Waals surface area contributed by atoms with Gasteiger partial charge in [-0.3, -0.25) is 4.79 Å². The van der Waals surface area contributed by atoms with Crippen LogP contribution in [0.1, 0.15) is 50.9 Å². The molecule has 3 heterocycles. The molecule has 2 aromatic heterocycles. The standard InChI is InChI=1S/C31H40N6O3/c1-8-36-22-13-10-9-12-19(22)17-24(36)28-33-21-16-20(18-23(34(5)6)26(21)35(28)7)29(38)37-15-11-14-25(40-30(32)39)27(37)31(2,3)4/h9-10,12-13,16-18,25,27H,8,11,14-15H2,1-7H3,(H2,32,39)/t25?,27-/m0/s1. The number of benzene rings is 2. The lowest BCUT2D eigenvalue weighted by Gasteiger charge is -2.47. The van der Waals surface area contributed by atoms with Crippen LogP contribution in [0.15, 0.2) is 42.5 Å². The van der Waals surface area contributed by atoms with E-state index in [0.717, 1.165) is 41.2 Å². The molecule has 1 aliphatic heterocycles. The molecule has 2 N–H and O–H groups in total. The summed E-state index contributed by atoms with van der Waals surface area (Å²) >= 11 is 0. The highest BCUT2D eigenvalue weighted by atomic mass is 16.6. The van der Waals surface area contributed by atoms with E-state index in [1.807, 2.05) is 49.1 Å². The highest BCUT2D eigenvalue weighted by Crippen LogP contribution is 2.37. The summed E-state index contributed by atoms with van der Waals surface area (Å²) in [6.45, 7) is 9.72. The van der Waals surface area contributed by atoms with Crippen molar-refractivity contribution in [1.82, 2.24) is 19.0 Å². The maximum absolute atomic E-state index is 14.2. The number of aromatic nitrogens is 3. The van der Waals surface area contributed by atoms with Crippen LogP contribution in [0.5, 0.6) is 0 Å². The molecule has 2 amide bonds. The number of hydrogen-bond acceptors (Lipinski definition) is 5. The van der Waals surface area contributed by atoms with Gasteiger partial charge in [-0.15, -0.1) is 0 Å². The number of para-hydroxylation sites is 1. The minimum atomic E-state index is -0.810. The lowest BCUT2D eigenvalue weighted by atomic mass is 9.78. The van der Waals surface area contributed by atoms with Gasteiger partial charge in [-0.25, -0.2) is 9.78 Å². The molecule has 1 aliphatic rings. The van der Waals surface area contributed by atoms with Gasteiger partial charge in [0.1, 0.15) is 6.10 Å². The third-order valence-corrected chi connectivity index (χ3v) is 8.03. The van der Waals surface area contributed by atoms with E-state index in [1.54, 1.807) is 0 Å². The van der Waals surface area contributed by atoms with E-state index < -0.39 is 12.2 Å². The SMILES string of the molecule is CCn1c(-c2nc3cc(C(=O)N4CCCC(OC(N)=O)[C@H]4C(C)(C)C)cc(N(C)C)c3n2C)cc2ccccc21. The van der Waals surface area contributed by atoms with Gasteiger partial charge in [-0.1, -0.05) is 39.0 Å². The number of nitrogens with two attached hydrogens (primary N) is 1. The number of fused-ring (bicyclic) bond motifs is 2. The number of imidazole rings is 1. The molecule has 0 spiro atoms. The third-order valence-electron chi connectivity index (χ3n) is 8.03. The fourth-order valence-corrected chi connectivity index (χ4v) is 6.41. The van der Waals surface area contributed by atoms with Gasteiger partial charge in [-0.05, 0) is 49.4 Å². The van der Waals surface area contributed by atoms with Crippen LogP contribution in [0.25, 0.3) is 33.5 Å². The van der Waals surface area contributed by atoms with Crippen molar-refractivity contribution in [2.24, 2.45) is 18.2 Å². The second kappa shape index (κ2) is 10.2. The van der Waals surface area contributed by atoms with Gasteiger partial charge in [0.05, 0.1) is 28.5 Å². The predicted octanol–water partition coefficient (Wildman–Crippen LogP) is 5.40. The van der Waals surface area contributed by atoms with Crippen LogP contribution >= 0.6 is 0 Å². The molecule has 4 aromatic rings. The number of carbonyl (C=O) groups is 2. The number of primary amides is 1. The largest absolute Gasteiger partial charge is 0.444 e. The van der Waals surface area contributed by atoms with Crippen LogP contribution in [0.2, 0.25) is 0 Å². The normalized spacial score (nSPS) is 17.9. The lowest BCUT2D eigenvalue weighted by molar-refractivity contribution is -0.0352. The first-order valence-electron chi connectivity index (χ1n) is 14.0. The van der Waals surface area contributed by atoms with Crippen molar-refractivity contribution in [3.63, 3.8) is 0 Å². The number of anilines is 1. The van der Waals surface area contributed by atoms with Gasteiger partial charge < -0.3 is 29.4 Å². The van der Waals surface area contributed by atoms with Gasteiger partial charge >= 0.3 is 6.09 Å². The minimum Gasteiger partial charge on any atom is -0.444 e. The van der Waals surface area contributed by atoms with Crippen LogP contribution in [0.3, 0.4) is 0 Å². The summed E-state index contributed by atoms with van der Waals surface area (Å²) < 4.78 is 9.91. The molecule has 0 radical (unpaired) electrons. The van der Waals surface area contributed by atoms with Crippen LogP contribution in [0, 0.1) is 5.41 Å². The van der Waals surface area contributed by atoms with E-state index in [2.05, 4.69) is 61.1 Å². The number of aryl methyl sites for hydroxylation is 2. The molecular formula is C31H40N6O3. The Morgan fingerprint density at radius 2 is 1.88 bits per heavy atom. The number of ether oxygens (including phenoxy) is 1. The zero-order valence-electron chi connectivity index (χ0n) is 24.6. The Morgan fingerprint density at radius 1 is 1.15 bits per heavy atom. The Morgan fingerprint density at radius 3 is 2.52 bits per heavy atom. The van der Waals surface area contributed by atoms with Crippen molar-refractivity contribution < 1.29 is 14.3 Å². The number of piperidine rings is 1. The first-order valence-corrected chi connectivity index (χ1v) is 14.0. The molecule has 9 heteroatoms. The second-order valence-corrected chi connectivity index (χ2v) is 12.0. The van der Waals surface area contributed by atoms with Crippen molar-refractivity contribution >= 4 is 39.6 Å². The summed E-state index contributed by atoms with van der Waals surface area (Å²) in [7, 11) is 5.99. The summed E-state index contributed by atoms with van der Waals surface area (Å²) in [6.07, 6.45) is 0.139. The van der Waals surface area contributed by atoms with Crippen molar-refractivity contribution in [2.45, 2.75) is 59.2 Å². The maximum atomic E-state index is 14.2. The average Bonchev–Trinajstić information content (AvgIpc) is 3.43. The number of likely N-dealkylation sites (tertiary alicyclic amines) is 1. The monoisotopic (exact) mass is 544 g/mol. The Kier molecular flexibility index (Phi) is 7.02. The summed E-state index contributed by atoms with van der Waals surface area (Å²) in [4.78, 5) is 34.8. The summed E-state index contributed by atoms with van der Waals surface area (Å²) in [5.74, 6) is 0.749. The average molecular weight is 545 g/mol. The van der Waals surface area contributed by atoms with Gasteiger partial charge in [0.15, 0.2) is 5.82 Å². The Hall–Kier alpha value is -4.01. The Balaban J connectivity index is 1.64. The summed E-state index contributed by atoms with van der Waals surface area (Å²) in [6, 6.07) is 14.1. The lowest BCUT2D eigenvalue weighted by Crippen LogP contribution is -2.58. The van der Waals surface area contributed by atoms with E-state index in [9.17, 15) is 9.59 Å². The number of rotatable bonds is 5. The highest BCUT2D eigenvalue weighted by Gasteiger charge is 2.43. The molecular weight excluding hydrogens is 504 g/mol. The van der Waals surface area contributed by atoms with E-state index >= 15 is 0 Å². The van der Waals surface area contributed by atoms with Crippen molar-refractivity contribution in [1.29, 1.82) is 0 Å². The van der Waals surface area contributed by atoms with Gasteiger partial charge in [0.25, 0.3) is 5.91 Å². The quantitative estimate of drug-likeness (QED) is 0.363. The number of hydrogen-bond donors (Lipinski definition) is 1. The second-order valence-electron chi connectivity index (χ2n) is 12.0. The van der Waals surface area contributed by atoms with Crippen LogP contribution in [-0.2, 0) is 18.3 Å². The predicted molar refractivity (Wildman–Crippen MR) is 160 cm³/mol. The molecule has 2 atom stereocenters. The topological polar surface area (TPSA) is 98.6 Å². The van der Waals surface area contributed by atoms with Crippen LogP contribution < -0.4 is 10.6 Å². The van der Waals surface area contributed by atoms with Crippen molar-refractivity contribution in [2.75, 3.05) is 25.5 Å². The van der Waals surface area contributed by atoms with Crippen LogP contribution in [0.4, 0.5) is 10.5 Å². The third kappa shape index (κ3) is 4.67. The fraction of sp³-hybridized carbons (Fsp3) is 0.452. The smallest absolute Gasteiger partial charge is 0.404 e. The van der Waals surface area contributed by atoms with Gasteiger partial charge in [0, 0.05) is 50.7 Å². The molecule has 9 nitrogen and oxygen atoms in total. The molecule has 0 aliphatic carbocycles. The van der Waals surface area contributed by atoms with Crippen LogP contribution in [-0.4, -0.2) is 63.8 Å². The van der Waals surface area contributed by atoms with Crippen molar-refractivity contribution in [3.8, 4) is 11.5 Å². The highest BCUT2D eigenvalue weighted by molar-refractivity contribution is 6.03. The molecule has 0 bridgehead atoms. The van der Waals surface area contributed by atoms with E-state index in [-0.39, 0.29) is 17.4 Å². The van der Waals surface area contributed by atoms with Gasteiger partial charge in [-0.2, -0.15) is 0 Å². The molecule has 1 saturated heterocycles. The summed E-state index contributed by atoms with van der Waals surface area (Å²) in [5.41, 5.74) is 10.5. The molecule has 40 heavy (non-hydrogen) atoms. The van der Waals surface area contributed by atoms with Gasteiger partial charge in [0.2, 0.25) is 0 Å². The zero-order chi connectivity index (χ0) is 28.9. The van der Waals surface area contributed by atoms with E-state index in [1.165, 1.54) is 10.9 Å². The first-order chi connectivity index (χ1) is 18.9. The minimum absolute atomic E-state index is 0.0995. The molecule has 5 rings (SSSR count).